The first-order chi connectivity index (χ1) is 13.1. The standard InChI is InChI=1S/C19H26N6O2/c1-3-16(26)24-10-5-15-17(21-13-20-15)19(24)6-11-23(12-7-19)18(27)14(2)25-9-4-8-22-25/h4,8-9,13-14H,3,5-7,10-12H2,1-2H3,(H,20,21). The zero-order valence-electron chi connectivity index (χ0n) is 15.9. The Bertz CT molecular complexity index is 819. The number of nitrogens with zero attached hydrogens (tertiary/aromatic N) is 5. The van der Waals surface area contributed by atoms with Crippen LogP contribution in [0.2, 0.25) is 0 Å². The number of imidazole rings is 1. The van der Waals surface area contributed by atoms with E-state index in [0.717, 1.165) is 17.8 Å². The molecule has 144 valence electrons. The summed E-state index contributed by atoms with van der Waals surface area (Å²) in [5, 5.41) is 4.19. The van der Waals surface area contributed by atoms with Crippen LogP contribution in [0.25, 0.3) is 0 Å². The summed E-state index contributed by atoms with van der Waals surface area (Å²) in [4.78, 5) is 37.3. The number of carbonyl (C=O) groups is 2. The maximum absolute atomic E-state index is 12.9. The Labute approximate surface area is 158 Å². The van der Waals surface area contributed by atoms with Gasteiger partial charge in [-0.3, -0.25) is 14.3 Å². The van der Waals surface area contributed by atoms with Gasteiger partial charge >= 0.3 is 0 Å². The van der Waals surface area contributed by atoms with Crippen LogP contribution in [0.1, 0.15) is 50.5 Å². The summed E-state index contributed by atoms with van der Waals surface area (Å²) in [6, 6.07) is 1.50. The fourth-order valence-electron chi connectivity index (χ4n) is 4.52. The van der Waals surface area contributed by atoms with Gasteiger partial charge in [-0.2, -0.15) is 5.10 Å². The Morgan fingerprint density at radius 3 is 2.74 bits per heavy atom. The maximum atomic E-state index is 12.9. The summed E-state index contributed by atoms with van der Waals surface area (Å²) in [5.41, 5.74) is 1.72. The molecule has 27 heavy (non-hydrogen) atoms. The van der Waals surface area contributed by atoms with E-state index < -0.39 is 5.54 Å². The summed E-state index contributed by atoms with van der Waals surface area (Å²) >= 11 is 0. The van der Waals surface area contributed by atoms with E-state index in [-0.39, 0.29) is 17.9 Å². The predicted molar refractivity (Wildman–Crippen MR) is 98.7 cm³/mol. The van der Waals surface area contributed by atoms with E-state index in [1.807, 2.05) is 35.9 Å². The third-order valence-electron chi connectivity index (χ3n) is 6.05. The number of aromatic nitrogens is 4. The topological polar surface area (TPSA) is 87.1 Å². The molecule has 1 saturated heterocycles. The van der Waals surface area contributed by atoms with Crippen LogP contribution in [0, 0.1) is 0 Å². The number of H-pyrrole nitrogens is 1. The number of fused-ring (bicyclic) bond motifs is 2. The van der Waals surface area contributed by atoms with Gasteiger partial charge in [0.25, 0.3) is 0 Å². The van der Waals surface area contributed by atoms with Gasteiger partial charge < -0.3 is 14.8 Å². The van der Waals surface area contributed by atoms with Crippen LogP contribution in [0.4, 0.5) is 0 Å². The number of carbonyl (C=O) groups excluding carboxylic acids is 2. The van der Waals surface area contributed by atoms with Crippen molar-refractivity contribution in [3.8, 4) is 0 Å². The van der Waals surface area contributed by atoms with E-state index in [2.05, 4.69) is 15.1 Å². The molecule has 1 unspecified atom stereocenters. The Morgan fingerprint density at radius 1 is 1.30 bits per heavy atom. The molecule has 0 saturated carbocycles. The fraction of sp³-hybridized carbons (Fsp3) is 0.579. The zero-order valence-corrected chi connectivity index (χ0v) is 15.9. The van der Waals surface area contributed by atoms with Gasteiger partial charge in [-0.25, -0.2) is 4.98 Å². The van der Waals surface area contributed by atoms with E-state index in [1.54, 1.807) is 17.2 Å². The van der Waals surface area contributed by atoms with E-state index in [1.165, 1.54) is 0 Å². The molecule has 1 fully saturated rings. The van der Waals surface area contributed by atoms with Gasteiger partial charge in [0.15, 0.2) is 0 Å². The molecule has 4 rings (SSSR count). The van der Waals surface area contributed by atoms with Gasteiger partial charge in [-0.1, -0.05) is 6.92 Å². The van der Waals surface area contributed by atoms with Crippen LogP contribution >= 0.6 is 0 Å². The van der Waals surface area contributed by atoms with Gasteiger partial charge in [-0.15, -0.1) is 0 Å². The second-order valence-electron chi connectivity index (χ2n) is 7.40. The van der Waals surface area contributed by atoms with Crippen molar-refractivity contribution >= 4 is 11.8 Å². The van der Waals surface area contributed by atoms with Gasteiger partial charge in [0.1, 0.15) is 6.04 Å². The molecule has 8 heteroatoms. The zero-order chi connectivity index (χ0) is 19.0. The highest BCUT2D eigenvalue weighted by molar-refractivity contribution is 5.80. The quantitative estimate of drug-likeness (QED) is 0.887. The first-order valence-corrected chi connectivity index (χ1v) is 9.68. The third kappa shape index (κ3) is 2.83. The summed E-state index contributed by atoms with van der Waals surface area (Å²) in [6.07, 6.45) is 7.95. The number of hydrogen-bond acceptors (Lipinski definition) is 4. The molecule has 0 bridgehead atoms. The summed E-state index contributed by atoms with van der Waals surface area (Å²) in [7, 11) is 0. The molecule has 8 nitrogen and oxygen atoms in total. The highest BCUT2D eigenvalue weighted by Crippen LogP contribution is 2.42. The van der Waals surface area contributed by atoms with E-state index in [9.17, 15) is 9.59 Å². The Balaban J connectivity index is 1.55. The monoisotopic (exact) mass is 370 g/mol. The molecule has 1 N–H and O–H groups in total. The van der Waals surface area contributed by atoms with Gasteiger partial charge in [0.2, 0.25) is 11.8 Å². The molecule has 2 aromatic rings. The third-order valence-corrected chi connectivity index (χ3v) is 6.05. The maximum Gasteiger partial charge on any atom is 0.247 e. The molecule has 4 heterocycles. The van der Waals surface area contributed by atoms with Crippen LogP contribution < -0.4 is 0 Å². The lowest BCUT2D eigenvalue weighted by molar-refractivity contribution is -0.145. The minimum atomic E-state index is -0.396. The molecular weight excluding hydrogens is 344 g/mol. The van der Waals surface area contributed by atoms with Crippen LogP contribution in [-0.2, 0) is 21.5 Å². The number of nitrogens with one attached hydrogen (secondary N) is 1. The van der Waals surface area contributed by atoms with E-state index >= 15 is 0 Å². The van der Waals surface area contributed by atoms with E-state index in [0.29, 0.717) is 38.9 Å². The molecule has 1 spiro atoms. The van der Waals surface area contributed by atoms with Crippen molar-refractivity contribution in [2.75, 3.05) is 19.6 Å². The first kappa shape index (κ1) is 17.8. The van der Waals surface area contributed by atoms with Crippen LogP contribution in [-0.4, -0.2) is 61.0 Å². The van der Waals surface area contributed by atoms with Gasteiger partial charge in [-0.05, 0) is 25.8 Å². The number of piperidine rings is 1. The molecule has 0 aromatic carbocycles. The van der Waals surface area contributed by atoms with Crippen molar-refractivity contribution < 1.29 is 9.59 Å². The van der Waals surface area contributed by atoms with E-state index in [4.69, 9.17) is 0 Å². The summed E-state index contributed by atoms with van der Waals surface area (Å²) < 4.78 is 1.69. The van der Waals surface area contributed by atoms with Crippen molar-refractivity contribution in [1.82, 2.24) is 29.5 Å². The summed E-state index contributed by atoms with van der Waals surface area (Å²) in [6.45, 7) is 5.72. The van der Waals surface area contributed by atoms with Crippen LogP contribution in [0.15, 0.2) is 24.8 Å². The van der Waals surface area contributed by atoms with Crippen LogP contribution in [0.5, 0.6) is 0 Å². The number of aromatic amines is 1. The normalized spacial score (nSPS) is 19.8. The number of rotatable bonds is 3. The number of likely N-dealkylation sites (tertiary alicyclic amines) is 1. The SMILES string of the molecule is CCC(=O)N1CCc2[nH]cnc2C12CCN(C(=O)C(C)n1cccn1)CC2. The Kier molecular flexibility index (Phi) is 4.49. The fourth-order valence-corrected chi connectivity index (χ4v) is 4.52. The van der Waals surface area contributed by atoms with Gasteiger partial charge in [0, 0.05) is 50.6 Å². The minimum Gasteiger partial charge on any atom is -0.348 e. The van der Waals surface area contributed by atoms with Gasteiger partial charge in [0.05, 0.1) is 17.6 Å². The van der Waals surface area contributed by atoms with Crippen molar-refractivity contribution in [2.45, 2.75) is 51.1 Å². The Morgan fingerprint density at radius 2 is 2.07 bits per heavy atom. The molecule has 2 aliphatic heterocycles. The molecule has 2 aromatic heterocycles. The lowest BCUT2D eigenvalue weighted by Crippen LogP contribution is -2.59. The Hall–Kier alpha value is -2.64. The number of amides is 2. The number of hydrogen-bond donors (Lipinski definition) is 1. The average Bonchev–Trinajstić information content (AvgIpc) is 3.39. The highest BCUT2D eigenvalue weighted by atomic mass is 16.2. The first-order valence-electron chi connectivity index (χ1n) is 9.68. The largest absolute Gasteiger partial charge is 0.348 e. The second-order valence-corrected chi connectivity index (χ2v) is 7.40. The minimum absolute atomic E-state index is 0.0694. The second kappa shape index (κ2) is 6.83. The molecule has 0 aliphatic carbocycles. The lowest BCUT2D eigenvalue weighted by Gasteiger charge is -2.50. The van der Waals surface area contributed by atoms with Crippen LogP contribution in [0.3, 0.4) is 0 Å². The predicted octanol–water partition coefficient (Wildman–Crippen LogP) is 1.48. The molecule has 2 amide bonds. The molecule has 2 aliphatic rings. The molecular formula is C19H26N6O2. The molecule has 1 atom stereocenters. The van der Waals surface area contributed by atoms with Crippen molar-refractivity contribution in [3.63, 3.8) is 0 Å². The highest BCUT2D eigenvalue weighted by Gasteiger charge is 2.49. The lowest BCUT2D eigenvalue weighted by atomic mass is 9.78. The molecule has 0 radical (unpaired) electrons. The smallest absolute Gasteiger partial charge is 0.247 e. The van der Waals surface area contributed by atoms with Crippen molar-refractivity contribution in [2.24, 2.45) is 0 Å². The summed E-state index contributed by atoms with van der Waals surface area (Å²) in [5.74, 6) is 0.230. The van der Waals surface area contributed by atoms with Crippen molar-refractivity contribution in [3.05, 3.63) is 36.2 Å². The average molecular weight is 370 g/mol. The van der Waals surface area contributed by atoms with Crippen molar-refractivity contribution in [1.29, 1.82) is 0 Å².